The summed E-state index contributed by atoms with van der Waals surface area (Å²) >= 11 is 0. The van der Waals surface area contributed by atoms with Gasteiger partial charge >= 0.3 is 5.22 Å². The SMILES string of the molecule is c1ccc(Oc2ccc(C3=C(c4ccccc4)N=[N+]N3)cc2)cc1. The molecule has 4 heteroatoms. The number of hydrogen-bond acceptors (Lipinski definition) is 4. The van der Waals surface area contributed by atoms with E-state index in [9.17, 15) is 0 Å². The molecule has 0 saturated heterocycles. The third kappa shape index (κ3) is 2.90. The predicted molar refractivity (Wildman–Crippen MR) is 93.9 cm³/mol. The van der Waals surface area contributed by atoms with Crippen molar-refractivity contribution in [2.45, 2.75) is 0 Å². The number of nitrogens with one attached hydrogen (secondary N) is 1. The van der Waals surface area contributed by atoms with Crippen molar-refractivity contribution < 1.29 is 4.74 Å². The largest absolute Gasteiger partial charge is 0.457 e. The molecule has 1 aliphatic heterocycles. The van der Waals surface area contributed by atoms with E-state index in [-0.39, 0.29) is 0 Å². The Kier molecular flexibility index (Phi) is 3.78. The monoisotopic (exact) mass is 313 g/mol. The Morgan fingerprint density at radius 3 is 2.00 bits per heavy atom. The van der Waals surface area contributed by atoms with Crippen molar-refractivity contribution in [2.75, 3.05) is 0 Å². The highest BCUT2D eigenvalue weighted by Gasteiger charge is 2.24. The lowest BCUT2D eigenvalue weighted by molar-refractivity contribution is 0.482. The molecular weight excluding hydrogens is 298 g/mol. The molecule has 3 aromatic rings. The van der Waals surface area contributed by atoms with Gasteiger partial charge in [-0.2, -0.15) is 0 Å². The van der Waals surface area contributed by atoms with Gasteiger partial charge in [0.15, 0.2) is 5.70 Å². The lowest BCUT2D eigenvalue weighted by atomic mass is 10.1. The summed E-state index contributed by atoms with van der Waals surface area (Å²) in [6.07, 6.45) is 0. The number of rotatable bonds is 4. The molecule has 115 valence electrons. The molecule has 1 N–H and O–H groups in total. The molecule has 0 bridgehead atoms. The average molecular weight is 313 g/mol. The molecule has 0 fully saturated rings. The van der Waals surface area contributed by atoms with Crippen LogP contribution in [0.2, 0.25) is 0 Å². The molecule has 0 spiro atoms. The molecule has 0 amide bonds. The van der Waals surface area contributed by atoms with Crippen LogP contribution in [0.5, 0.6) is 11.5 Å². The maximum Gasteiger partial charge on any atom is 0.331 e. The van der Waals surface area contributed by atoms with Crippen LogP contribution in [0.3, 0.4) is 0 Å². The zero-order valence-corrected chi connectivity index (χ0v) is 12.9. The van der Waals surface area contributed by atoms with Crippen molar-refractivity contribution in [1.82, 2.24) is 10.6 Å². The minimum Gasteiger partial charge on any atom is -0.457 e. The lowest BCUT2D eigenvalue weighted by Gasteiger charge is -2.06. The van der Waals surface area contributed by atoms with Crippen LogP contribution in [0.4, 0.5) is 0 Å². The first kappa shape index (κ1) is 14.2. The van der Waals surface area contributed by atoms with E-state index >= 15 is 0 Å². The van der Waals surface area contributed by atoms with E-state index in [4.69, 9.17) is 4.74 Å². The van der Waals surface area contributed by atoms with Crippen molar-refractivity contribution in [2.24, 2.45) is 5.11 Å². The van der Waals surface area contributed by atoms with Gasteiger partial charge < -0.3 is 4.74 Å². The summed E-state index contributed by atoms with van der Waals surface area (Å²) in [6, 6.07) is 27.6. The van der Waals surface area contributed by atoms with Crippen molar-refractivity contribution >= 4 is 11.4 Å². The van der Waals surface area contributed by atoms with Gasteiger partial charge in [0.05, 0.1) is 0 Å². The molecule has 3 aromatic carbocycles. The zero-order chi connectivity index (χ0) is 16.2. The van der Waals surface area contributed by atoms with E-state index in [1.165, 1.54) is 0 Å². The predicted octanol–water partition coefficient (Wildman–Crippen LogP) is 4.61. The fraction of sp³-hybridized carbons (Fsp3) is 0. The zero-order valence-electron chi connectivity index (χ0n) is 12.9. The van der Waals surface area contributed by atoms with Gasteiger partial charge in [-0.25, -0.2) is 0 Å². The molecule has 0 aromatic heterocycles. The second-order valence-corrected chi connectivity index (χ2v) is 5.34. The molecule has 1 radical (unpaired) electrons. The topological polar surface area (TPSA) is 47.7 Å². The van der Waals surface area contributed by atoms with Gasteiger partial charge in [-0.3, -0.25) is 0 Å². The van der Waals surface area contributed by atoms with E-state index in [0.717, 1.165) is 34.0 Å². The number of para-hydroxylation sites is 1. The first-order valence-corrected chi connectivity index (χ1v) is 7.70. The van der Waals surface area contributed by atoms with E-state index in [0.29, 0.717) is 0 Å². The molecular formula is C20H15N3O+. The van der Waals surface area contributed by atoms with E-state index in [2.05, 4.69) is 15.8 Å². The molecule has 4 nitrogen and oxygen atoms in total. The minimum atomic E-state index is 0.790. The van der Waals surface area contributed by atoms with Gasteiger partial charge in [0.1, 0.15) is 22.3 Å². The third-order valence-electron chi connectivity index (χ3n) is 3.72. The van der Waals surface area contributed by atoms with Gasteiger partial charge in [0.25, 0.3) is 0 Å². The van der Waals surface area contributed by atoms with Crippen LogP contribution in [0.15, 0.2) is 90.0 Å². The second kappa shape index (κ2) is 6.38. The summed E-state index contributed by atoms with van der Waals surface area (Å²) in [5.41, 5.74) is 6.77. The molecule has 0 aliphatic carbocycles. The molecule has 0 saturated carbocycles. The highest BCUT2D eigenvalue weighted by atomic mass is 16.5. The number of nitrogens with zero attached hydrogens (tertiary/aromatic N) is 2. The lowest BCUT2D eigenvalue weighted by Crippen LogP contribution is -2.08. The van der Waals surface area contributed by atoms with Crippen LogP contribution in [0.25, 0.3) is 11.4 Å². The molecule has 4 rings (SSSR count). The maximum absolute atomic E-state index is 5.82. The Balaban J connectivity index is 1.61. The molecule has 1 heterocycles. The number of ether oxygens (including phenoxy) is 1. The van der Waals surface area contributed by atoms with Crippen LogP contribution in [-0.4, -0.2) is 0 Å². The molecule has 24 heavy (non-hydrogen) atoms. The van der Waals surface area contributed by atoms with Gasteiger partial charge in [0, 0.05) is 11.1 Å². The van der Waals surface area contributed by atoms with Crippen LogP contribution < -0.4 is 15.4 Å². The number of hydrogen-bond donors (Lipinski definition) is 1. The standard InChI is InChI=1S/C20H15N3O/c1-3-7-15(8-4-1)19-20(22-23-21-19)16-11-13-18(14-12-16)24-17-9-5-2-6-10-17/h1-14H,(H,21,22)/q+1. The Morgan fingerprint density at radius 1 is 0.667 bits per heavy atom. The summed E-state index contributed by atoms with van der Waals surface area (Å²) in [5.74, 6) is 1.61. The average Bonchev–Trinajstić information content (AvgIpc) is 3.14. The third-order valence-corrected chi connectivity index (χ3v) is 3.72. The van der Waals surface area contributed by atoms with Crippen LogP contribution in [-0.2, 0) is 0 Å². The van der Waals surface area contributed by atoms with Crippen LogP contribution in [0, 0.1) is 0 Å². The highest BCUT2D eigenvalue weighted by molar-refractivity contribution is 5.90. The summed E-state index contributed by atoms with van der Waals surface area (Å²) < 4.78 is 5.82. The minimum absolute atomic E-state index is 0.790. The van der Waals surface area contributed by atoms with Gasteiger partial charge in [-0.15, -0.1) is 0 Å². The summed E-state index contributed by atoms with van der Waals surface area (Å²) in [4.78, 5) is 0. The van der Waals surface area contributed by atoms with E-state index in [1.807, 2.05) is 84.9 Å². The van der Waals surface area contributed by atoms with Gasteiger partial charge in [0.2, 0.25) is 0 Å². The van der Waals surface area contributed by atoms with Crippen LogP contribution >= 0.6 is 0 Å². The smallest absolute Gasteiger partial charge is 0.331 e. The van der Waals surface area contributed by atoms with E-state index in [1.54, 1.807) is 0 Å². The quantitative estimate of drug-likeness (QED) is 0.764. The Morgan fingerprint density at radius 2 is 1.29 bits per heavy atom. The first-order valence-electron chi connectivity index (χ1n) is 7.70. The summed E-state index contributed by atoms with van der Waals surface area (Å²) in [6.45, 7) is 0. The first-order chi connectivity index (χ1) is 11.9. The Hall–Kier alpha value is -3.40. The highest BCUT2D eigenvalue weighted by Crippen LogP contribution is 2.29. The molecule has 0 unspecified atom stereocenters. The fourth-order valence-corrected chi connectivity index (χ4v) is 2.54. The second-order valence-electron chi connectivity index (χ2n) is 5.34. The number of benzene rings is 3. The Bertz CT molecular complexity index is 885. The normalized spacial score (nSPS) is 13.0. The molecule has 1 aliphatic rings. The summed E-state index contributed by atoms with van der Waals surface area (Å²) in [7, 11) is 0. The van der Waals surface area contributed by atoms with Crippen molar-refractivity contribution in [3.8, 4) is 11.5 Å². The van der Waals surface area contributed by atoms with Crippen molar-refractivity contribution in [1.29, 1.82) is 0 Å². The Labute approximate surface area is 140 Å². The van der Waals surface area contributed by atoms with Crippen LogP contribution in [0.1, 0.15) is 11.1 Å². The molecule has 0 atom stereocenters. The van der Waals surface area contributed by atoms with Gasteiger partial charge in [-0.05, 0) is 36.4 Å². The summed E-state index contributed by atoms with van der Waals surface area (Å²) in [5, 5.41) is 8.17. The van der Waals surface area contributed by atoms with Gasteiger partial charge in [-0.1, -0.05) is 54.0 Å². The van der Waals surface area contributed by atoms with E-state index < -0.39 is 0 Å². The van der Waals surface area contributed by atoms with Crippen molar-refractivity contribution in [3.63, 3.8) is 0 Å². The maximum atomic E-state index is 5.82. The van der Waals surface area contributed by atoms with Crippen molar-refractivity contribution in [3.05, 3.63) is 96.1 Å². The fourth-order valence-electron chi connectivity index (χ4n) is 2.54.